The molecule has 3 N–H and O–H groups in total. The lowest BCUT2D eigenvalue weighted by Gasteiger charge is -2.10. The summed E-state index contributed by atoms with van der Waals surface area (Å²) in [6, 6.07) is 6.20. The fourth-order valence-electron chi connectivity index (χ4n) is 2.37. The topological polar surface area (TPSA) is 65.1 Å². The zero-order valence-electron chi connectivity index (χ0n) is 12.5. The molecule has 0 saturated heterocycles. The molecular formula is C16H22N2O2S. The van der Waals surface area contributed by atoms with Gasteiger partial charge in [-0.05, 0) is 42.9 Å². The third-order valence-electron chi connectivity index (χ3n) is 3.60. The lowest BCUT2D eigenvalue weighted by atomic mass is 10.1. The molecule has 21 heavy (non-hydrogen) atoms. The number of thioether (sulfide) groups is 1. The zero-order valence-corrected chi connectivity index (χ0v) is 13.3. The van der Waals surface area contributed by atoms with Gasteiger partial charge in [0, 0.05) is 23.6 Å². The number of carbonyl (C=O) groups is 1. The first-order chi connectivity index (χ1) is 10.1. The average molecular weight is 306 g/mol. The van der Waals surface area contributed by atoms with Gasteiger partial charge in [-0.1, -0.05) is 18.2 Å². The second kappa shape index (κ2) is 7.52. The summed E-state index contributed by atoms with van der Waals surface area (Å²) in [6.07, 6.45) is 4.31. The van der Waals surface area contributed by atoms with Gasteiger partial charge < -0.3 is 15.4 Å². The number of hydrogen-bond acceptors (Lipinski definition) is 3. The predicted molar refractivity (Wildman–Crippen MR) is 88.8 cm³/mol. The van der Waals surface area contributed by atoms with Gasteiger partial charge >= 0.3 is 0 Å². The summed E-state index contributed by atoms with van der Waals surface area (Å²) < 4.78 is 0. The Morgan fingerprint density at radius 1 is 1.48 bits per heavy atom. The Labute approximate surface area is 129 Å². The molecule has 1 aromatic carbocycles. The molecule has 0 unspecified atom stereocenters. The van der Waals surface area contributed by atoms with Crippen molar-refractivity contribution in [1.29, 1.82) is 0 Å². The number of carbonyl (C=O) groups excluding carboxylic acids is 1. The number of benzene rings is 1. The summed E-state index contributed by atoms with van der Waals surface area (Å²) in [6.45, 7) is 2.61. The Morgan fingerprint density at radius 3 is 3.05 bits per heavy atom. The molecule has 114 valence electrons. The monoisotopic (exact) mass is 306 g/mol. The molecule has 0 aliphatic rings. The van der Waals surface area contributed by atoms with Crippen LogP contribution in [0.25, 0.3) is 10.9 Å². The van der Waals surface area contributed by atoms with Crippen molar-refractivity contribution >= 4 is 28.6 Å². The molecule has 5 heteroatoms. The van der Waals surface area contributed by atoms with Crippen molar-refractivity contribution in [3.63, 3.8) is 0 Å². The molecule has 0 aliphatic carbocycles. The van der Waals surface area contributed by atoms with E-state index >= 15 is 0 Å². The number of aliphatic hydroxyl groups excluding tert-OH is 1. The zero-order chi connectivity index (χ0) is 15.2. The van der Waals surface area contributed by atoms with Gasteiger partial charge in [0.2, 0.25) is 5.91 Å². The van der Waals surface area contributed by atoms with Crippen LogP contribution in [0.3, 0.4) is 0 Å². The van der Waals surface area contributed by atoms with Crippen molar-refractivity contribution in [1.82, 2.24) is 10.3 Å². The third-order valence-corrected chi connectivity index (χ3v) is 4.25. The first kappa shape index (κ1) is 15.9. The molecule has 1 heterocycles. The van der Waals surface area contributed by atoms with Crippen LogP contribution in [0.4, 0.5) is 0 Å². The van der Waals surface area contributed by atoms with Crippen LogP contribution in [0.1, 0.15) is 17.5 Å². The fourth-order valence-corrected chi connectivity index (χ4v) is 2.83. The fraction of sp³-hybridized carbons (Fsp3) is 0.438. The summed E-state index contributed by atoms with van der Waals surface area (Å²) in [5.74, 6) is 0.510. The highest BCUT2D eigenvalue weighted by Crippen LogP contribution is 2.21. The van der Waals surface area contributed by atoms with Crippen LogP contribution in [0.2, 0.25) is 0 Å². The molecular weight excluding hydrogens is 284 g/mol. The normalized spacial score (nSPS) is 12.5. The van der Waals surface area contributed by atoms with Crippen LogP contribution in [0.5, 0.6) is 0 Å². The van der Waals surface area contributed by atoms with Crippen LogP contribution in [0, 0.1) is 6.92 Å². The molecule has 0 saturated carbocycles. The number of para-hydroxylation sites is 1. The van der Waals surface area contributed by atoms with Crippen LogP contribution >= 0.6 is 11.8 Å². The number of nitrogens with one attached hydrogen (secondary N) is 2. The van der Waals surface area contributed by atoms with Crippen LogP contribution in [0.15, 0.2) is 24.4 Å². The van der Waals surface area contributed by atoms with Crippen molar-refractivity contribution in [2.75, 3.05) is 18.6 Å². The smallest absolute Gasteiger partial charge is 0.248 e. The molecule has 1 atom stereocenters. The second-order valence-electron chi connectivity index (χ2n) is 5.15. The molecule has 0 aliphatic heterocycles. The number of H-pyrrole nitrogens is 1. The third kappa shape index (κ3) is 4.02. The predicted octanol–water partition coefficient (Wildman–Crippen LogP) is 2.25. The number of aromatic amines is 1. The largest absolute Gasteiger partial charge is 0.383 e. The molecule has 1 amide bonds. The number of aliphatic hydroxyl groups is 1. The van der Waals surface area contributed by atoms with E-state index < -0.39 is 6.10 Å². The molecule has 0 bridgehead atoms. The molecule has 0 spiro atoms. The summed E-state index contributed by atoms with van der Waals surface area (Å²) in [5.41, 5.74) is 3.56. The average Bonchev–Trinajstić information content (AvgIpc) is 2.89. The highest BCUT2D eigenvalue weighted by atomic mass is 32.2. The highest BCUT2D eigenvalue weighted by Gasteiger charge is 2.13. The number of rotatable bonds is 7. The Morgan fingerprint density at radius 2 is 2.29 bits per heavy atom. The van der Waals surface area contributed by atoms with Crippen LogP contribution in [-0.2, 0) is 11.2 Å². The number of aromatic nitrogens is 1. The van der Waals surface area contributed by atoms with Crippen LogP contribution in [-0.4, -0.2) is 40.7 Å². The van der Waals surface area contributed by atoms with Crippen molar-refractivity contribution in [2.45, 2.75) is 25.9 Å². The van der Waals surface area contributed by atoms with Gasteiger partial charge in [-0.15, -0.1) is 0 Å². The van der Waals surface area contributed by atoms with Crippen molar-refractivity contribution < 1.29 is 9.90 Å². The van der Waals surface area contributed by atoms with E-state index in [2.05, 4.69) is 29.4 Å². The Kier molecular flexibility index (Phi) is 5.70. The van der Waals surface area contributed by atoms with Gasteiger partial charge in [-0.3, -0.25) is 4.79 Å². The molecule has 0 radical (unpaired) electrons. The second-order valence-corrected chi connectivity index (χ2v) is 6.14. The van der Waals surface area contributed by atoms with E-state index in [0.717, 1.165) is 17.7 Å². The van der Waals surface area contributed by atoms with E-state index in [4.69, 9.17) is 0 Å². The molecule has 1 aromatic heterocycles. The van der Waals surface area contributed by atoms with Gasteiger partial charge in [0.25, 0.3) is 0 Å². The van der Waals surface area contributed by atoms with Gasteiger partial charge in [0.15, 0.2) is 0 Å². The minimum absolute atomic E-state index is 0.278. The minimum atomic E-state index is -0.900. The number of fused-ring (bicyclic) bond motifs is 1. The number of aryl methyl sites for hydroxylation is 1. The maximum Gasteiger partial charge on any atom is 0.248 e. The van der Waals surface area contributed by atoms with E-state index in [1.54, 1.807) is 11.8 Å². The SMILES string of the molecule is CSCC[C@H](O)C(=O)NCCc1c[nH]c2c(C)cccc12. The highest BCUT2D eigenvalue weighted by molar-refractivity contribution is 7.98. The van der Waals surface area contributed by atoms with Crippen molar-refractivity contribution in [3.8, 4) is 0 Å². The summed E-state index contributed by atoms with van der Waals surface area (Å²) >= 11 is 1.63. The first-order valence-corrected chi connectivity index (χ1v) is 8.53. The maximum absolute atomic E-state index is 11.7. The van der Waals surface area contributed by atoms with Gasteiger partial charge in [-0.2, -0.15) is 11.8 Å². The Bertz CT molecular complexity index is 609. The van der Waals surface area contributed by atoms with Crippen LogP contribution < -0.4 is 5.32 Å². The summed E-state index contributed by atoms with van der Waals surface area (Å²) in [7, 11) is 0. The van der Waals surface area contributed by atoms with E-state index in [-0.39, 0.29) is 5.91 Å². The lowest BCUT2D eigenvalue weighted by molar-refractivity contribution is -0.129. The lowest BCUT2D eigenvalue weighted by Crippen LogP contribution is -2.36. The summed E-state index contributed by atoms with van der Waals surface area (Å²) in [4.78, 5) is 15.0. The van der Waals surface area contributed by atoms with Crippen molar-refractivity contribution in [3.05, 3.63) is 35.5 Å². The van der Waals surface area contributed by atoms with E-state index in [1.807, 2.05) is 18.5 Å². The van der Waals surface area contributed by atoms with Gasteiger partial charge in [-0.25, -0.2) is 0 Å². The van der Waals surface area contributed by atoms with E-state index in [0.29, 0.717) is 13.0 Å². The molecule has 2 aromatic rings. The minimum Gasteiger partial charge on any atom is -0.383 e. The molecule has 4 nitrogen and oxygen atoms in total. The maximum atomic E-state index is 11.7. The van der Waals surface area contributed by atoms with E-state index in [1.165, 1.54) is 16.5 Å². The number of hydrogen-bond donors (Lipinski definition) is 3. The van der Waals surface area contributed by atoms with E-state index in [9.17, 15) is 9.90 Å². The van der Waals surface area contributed by atoms with Gasteiger partial charge in [0.05, 0.1) is 0 Å². The van der Waals surface area contributed by atoms with Crippen molar-refractivity contribution in [2.24, 2.45) is 0 Å². The Hall–Kier alpha value is -1.46. The first-order valence-electron chi connectivity index (χ1n) is 7.13. The summed E-state index contributed by atoms with van der Waals surface area (Å²) in [5, 5.41) is 13.7. The standard InChI is InChI=1S/C16H22N2O2S/c1-11-4-3-5-13-12(10-18-15(11)13)6-8-17-16(20)14(19)7-9-21-2/h3-5,10,14,18-19H,6-9H2,1-2H3,(H,17,20)/t14-/m0/s1. The Balaban J connectivity index is 1.88. The van der Waals surface area contributed by atoms with Gasteiger partial charge in [0.1, 0.15) is 6.10 Å². The quantitative estimate of drug-likeness (QED) is 0.735. The molecule has 2 rings (SSSR count). The number of amides is 1. The molecule has 0 fully saturated rings.